The molecular weight excluding hydrogens is 342 g/mol. The quantitative estimate of drug-likeness (QED) is 0.606. The molecule has 1 saturated heterocycles. The van der Waals surface area contributed by atoms with E-state index in [9.17, 15) is 19.2 Å². The fourth-order valence-electron chi connectivity index (χ4n) is 2.53. The highest BCUT2D eigenvalue weighted by molar-refractivity contribution is 5.92. The summed E-state index contributed by atoms with van der Waals surface area (Å²) in [4.78, 5) is 48.7. The molecule has 0 bridgehead atoms. The van der Waals surface area contributed by atoms with Crippen molar-refractivity contribution < 1.29 is 29.0 Å². The van der Waals surface area contributed by atoms with Crippen LogP contribution in [0.2, 0.25) is 0 Å². The van der Waals surface area contributed by atoms with Crippen molar-refractivity contribution in [1.82, 2.24) is 15.5 Å². The normalized spacial score (nSPS) is 18.2. The minimum atomic E-state index is -1.11. The molecule has 26 heavy (non-hydrogen) atoms. The summed E-state index contributed by atoms with van der Waals surface area (Å²) in [5.41, 5.74) is -0.181. The Morgan fingerprint density at radius 1 is 1.27 bits per heavy atom. The Hall–Kier alpha value is -2.32. The largest absolute Gasteiger partial charge is 0.480 e. The lowest BCUT2D eigenvalue weighted by Gasteiger charge is -2.25. The van der Waals surface area contributed by atoms with Gasteiger partial charge in [0.25, 0.3) is 0 Å². The van der Waals surface area contributed by atoms with Crippen molar-refractivity contribution in [1.29, 1.82) is 0 Å². The minimum absolute atomic E-state index is 0.181. The van der Waals surface area contributed by atoms with Gasteiger partial charge in [0.2, 0.25) is 11.8 Å². The van der Waals surface area contributed by atoms with Gasteiger partial charge >= 0.3 is 12.1 Å². The summed E-state index contributed by atoms with van der Waals surface area (Å²) < 4.78 is 5.02. The number of carboxylic acid groups (broad SMARTS) is 1. The van der Waals surface area contributed by atoms with Crippen LogP contribution >= 0.6 is 0 Å². The first-order valence-electron chi connectivity index (χ1n) is 8.78. The van der Waals surface area contributed by atoms with Crippen LogP contribution in [0.25, 0.3) is 0 Å². The van der Waals surface area contributed by atoms with Crippen LogP contribution < -0.4 is 10.6 Å². The number of rotatable bonds is 7. The number of ether oxygens (including phenoxy) is 1. The van der Waals surface area contributed by atoms with Gasteiger partial charge < -0.3 is 25.4 Å². The maximum absolute atomic E-state index is 12.3. The van der Waals surface area contributed by atoms with E-state index in [-0.39, 0.29) is 25.0 Å². The van der Waals surface area contributed by atoms with Gasteiger partial charge in [-0.2, -0.15) is 0 Å². The molecule has 1 heterocycles. The fourth-order valence-corrected chi connectivity index (χ4v) is 2.53. The molecule has 2 unspecified atom stereocenters. The number of carbonyl (C=O) groups excluding carboxylic acids is 3. The maximum Gasteiger partial charge on any atom is 0.407 e. The van der Waals surface area contributed by atoms with Gasteiger partial charge in [-0.1, -0.05) is 27.7 Å². The molecule has 9 heteroatoms. The van der Waals surface area contributed by atoms with E-state index in [1.165, 1.54) is 4.90 Å². The van der Waals surface area contributed by atoms with E-state index < -0.39 is 36.0 Å². The molecule has 0 aliphatic carbocycles. The first-order chi connectivity index (χ1) is 12.0. The van der Waals surface area contributed by atoms with Crippen LogP contribution in [0.5, 0.6) is 0 Å². The second-order valence-corrected chi connectivity index (χ2v) is 7.54. The van der Waals surface area contributed by atoms with Crippen molar-refractivity contribution in [3.8, 4) is 0 Å². The van der Waals surface area contributed by atoms with E-state index in [4.69, 9.17) is 9.84 Å². The zero-order chi connectivity index (χ0) is 19.9. The highest BCUT2D eigenvalue weighted by Gasteiger charge is 2.35. The Labute approximate surface area is 153 Å². The highest BCUT2D eigenvalue weighted by atomic mass is 16.5. The molecule has 0 aromatic rings. The number of carboxylic acids is 1. The Kier molecular flexibility index (Phi) is 7.85. The zero-order valence-electron chi connectivity index (χ0n) is 15.8. The SMILES string of the molecule is CCC(NC(=O)C1CCCN1C(=O)CNC(=O)OCC(C)(C)C)C(=O)O. The number of likely N-dealkylation sites (tertiary alicyclic amines) is 1. The summed E-state index contributed by atoms with van der Waals surface area (Å²) in [6.45, 7) is 7.74. The van der Waals surface area contributed by atoms with E-state index in [1.54, 1.807) is 6.92 Å². The van der Waals surface area contributed by atoms with Crippen molar-refractivity contribution in [2.75, 3.05) is 19.7 Å². The van der Waals surface area contributed by atoms with Crippen LogP contribution in [0, 0.1) is 5.41 Å². The van der Waals surface area contributed by atoms with Gasteiger partial charge in [0.05, 0.1) is 6.61 Å². The van der Waals surface area contributed by atoms with Gasteiger partial charge in [-0.05, 0) is 24.7 Å². The van der Waals surface area contributed by atoms with Crippen molar-refractivity contribution >= 4 is 23.9 Å². The van der Waals surface area contributed by atoms with E-state index in [0.717, 1.165) is 0 Å². The molecule has 0 aromatic carbocycles. The molecule has 0 spiro atoms. The van der Waals surface area contributed by atoms with Crippen LogP contribution in [-0.2, 0) is 19.1 Å². The number of aliphatic carboxylic acids is 1. The molecule has 0 saturated carbocycles. The van der Waals surface area contributed by atoms with Crippen molar-refractivity contribution in [3.05, 3.63) is 0 Å². The Morgan fingerprint density at radius 2 is 1.92 bits per heavy atom. The van der Waals surface area contributed by atoms with Crippen LogP contribution in [0.4, 0.5) is 4.79 Å². The second-order valence-electron chi connectivity index (χ2n) is 7.54. The van der Waals surface area contributed by atoms with E-state index in [2.05, 4.69) is 10.6 Å². The summed E-state index contributed by atoms with van der Waals surface area (Å²) >= 11 is 0. The molecule has 1 aliphatic rings. The second kappa shape index (κ2) is 9.40. The molecule has 9 nitrogen and oxygen atoms in total. The van der Waals surface area contributed by atoms with Gasteiger partial charge in [-0.3, -0.25) is 9.59 Å². The summed E-state index contributed by atoms with van der Waals surface area (Å²) in [7, 11) is 0. The summed E-state index contributed by atoms with van der Waals surface area (Å²) in [5.74, 6) is -2.00. The van der Waals surface area contributed by atoms with Gasteiger partial charge in [-0.25, -0.2) is 9.59 Å². The molecule has 3 amide bonds. The number of carbonyl (C=O) groups is 4. The van der Waals surface area contributed by atoms with Gasteiger partial charge in [0.15, 0.2) is 0 Å². The molecule has 0 aromatic heterocycles. The lowest BCUT2D eigenvalue weighted by atomic mass is 9.99. The number of nitrogens with one attached hydrogen (secondary N) is 2. The molecular formula is C17H29N3O6. The molecule has 2 atom stereocenters. The van der Waals surface area contributed by atoms with Crippen molar-refractivity contribution in [2.24, 2.45) is 5.41 Å². The number of hydrogen-bond acceptors (Lipinski definition) is 5. The number of amides is 3. The smallest absolute Gasteiger partial charge is 0.407 e. The Morgan fingerprint density at radius 3 is 2.46 bits per heavy atom. The number of hydrogen-bond donors (Lipinski definition) is 3. The van der Waals surface area contributed by atoms with E-state index in [1.807, 2.05) is 20.8 Å². The van der Waals surface area contributed by atoms with Crippen molar-refractivity contribution in [2.45, 2.75) is 59.0 Å². The van der Waals surface area contributed by atoms with Gasteiger partial charge in [-0.15, -0.1) is 0 Å². The average Bonchev–Trinajstić information content (AvgIpc) is 3.04. The topological polar surface area (TPSA) is 125 Å². The maximum atomic E-state index is 12.3. The number of nitrogens with zero attached hydrogens (tertiary/aromatic N) is 1. The van der Waals surface area contributed by atoms with E-state index >= 15 is 0 Å². The highest BCUT2D eigenvalue weighted by Crippen LogP contribution is 2.18. The third kappa shape index (κ3) is 6.89. The molecule has 148 valence electrons. The van der Waals surface area contributed by atoms with Crippen LogP contribution in [0.15, 0.2) is 0 Å². The van der Waals surface area contributed by atoms with Crippen LogP contribution in [-0.4, -0.2) is 65.7 Å². The van der Waals surface area contributed by atoms with Crippen LogP contribution in [0.3, 0.4) is 0 Å². The molecule has 3 N–H and O–H groups in total. The predicted octanol–water partition coefficient (Wildman–Crippen LogP) is 0.729. The Bertz CT molecular complexity index is 543. The van der Waals surface area contributed by atoms with Crippen LogP contribution in [0.1, 0.15) is 47.0 Å². The van der Waals surface area contributed by atoms with E-state index in [0.29, 0.717) is 19.4 Å². The summed E-state index contributed by atoms with van der Waals surface area (Å²) in [5, 5.41) is 13.9. The molecule has 1 rings (SSSR count). The third-order valence-corrected chi connectivity index (χ3v) is 3.92. The third-order valence-electron chi connectivity index (χ3n) is 3.92. The summed E-state index contributed by atoms with van der Waals surface area (Å²) in [6, 6.07) is -1.70. The minimum Gasteiger partial charge on any atom is -0.480 e. The average molecular weight is 371 g/mol. The number of alkyl carbamates (subject to hydrolysis) is 1. The first kappa shape index (κ1) is 21.7. The van der Waals surface area contributed by atoms with Gasteiger partial charge in [0.1, 0.15) is 18.6 Å². The molecule has 1 fully saturated rings. The Balaban J connectivity index is 2.53. The summed E-state index contributed by atoms with van der Waals surface area (Å²) in [6.07, 6.45) is 0.665. The van der Waals surface area contributed by atoms with Gasteiger partial charge in [0, 0.05) is 6.54 Å². The van der Waals surface area contributed by atoms with Crippen molar-refractivity contribution in [3.63, 3.8) is 0 Å². The standard InChI is InChI=1S/C17H29N3O6/c1-5-11(15(23)24)19-14(22)12-7-6-8-20(12)13(21)9-18-16(25)26-10-17(2,3)4/h11-12H,5-10H2,1-4H3,(H,18,25)(H,19,22)(H,23,24). The predicted molar refractivity (Wildman–Crippen MR) is 93.4 cm³/mol. The fraction of sp³-hybridized carbons (Fsp3) is 0.765. The lowest BCUT2D eigenvalue weighted by Crippen LogP contribution is -2.52. The molecule has 1 aliphatic heterocycles. The first-order valence-corrected chi connectivity index (χ1v) is 8.78. The zero-order valence-corrected chi connectivity index (χ0v) is 15.8. The lowest BCUT2D eigenvalue weighted by molar-refractivity contribution is -0.143. The molecule has 0 radical (unpaired) electrons. The monoisotopic (exact) mass is 371 g/mol.